The van der Waals surface area contributed by atoms with Crippen LogP contribution in [0.25, 0.3) is 0 Å². The normalized spacial score (nSPS) is 14.4. The Morgan fingerprint density at radius 3 is 1.02 bits per heavy atom. The lowest BCUT2D eigenvalue weighted by Gasteiger charge is -2.42. The first-order valence-electron chi connectivity index (χ1n) is 21.1. The predicted molar refractivity (Wildman–Crippen MR) is 235 cm³/mol. The molecule has 0 saturated heterocycles. The Labute approximate surface area is 319 Å². The summed E-state index contributed by atoms with van der Waals surface area (Å²) in [7, 11) is -3.11. The Morgan fingerprint density at radius 2 is 0.755 bits per heavy atom. The summed E-state index contributed by atoms with van der Waals surface area (Å²) in [5, 5.41) is 11.9. The van der Waals surface area contributed by atoms with Crippen LogP contribution in [-0.2, 0) is 0 Å². The number of benzene rings is 1. The summed E-state index contributed by atoms with van der Waals surface area (Å²) in [6.45, 7) is 29.7. The largest absolute Gasteiger partial charge is 0.506 e. The van der Waals surface area contributed by atoms with E-state index in [0.29, 0.717) is 15.5 Å². The standard InChI is InChI=1S/C44H86OS2Si2/c1-13-15-17-19-21-23-25-27-29-31-36-48(9,10)41(43(3,4)5)46-38-34-33-35-39(40(38)45)47-42(44(6,7)8)49(11,12)37-32-30-28-26-24-22-20-18-16-14-2/h33-35,41-42,45H,13-32,36-37H2,1-12H3. The van der Waals surface area contributed by atoms with E-state index in [9.17, 15) is 5.11 Å². The quantitative estimate of drug-likeness (QED) is 0.0523. The van der Waals surface area contributed by atoms with Gasteiger partial charge in [0.1, 0.15) is 5.75 Å². The Bertz CT molecular complexity index is 904. The fourth-order valence-corrected chi connectivity index (χ4v) is 22.0. The van der Waals surface area contributed by atoms with Gasteiger partial charge in [0, 0.05) is 9.75 Å². The van der Waals surface area contributed by atoms with Gasteiger partial charge < -0.3 is 5.11 Å². The fourth-order valence-electron chi connectivity index (χ4n) is 8.36. The van der Waals surface area contributed by atoms with Gasteiger partial charge in [-0.2, -0.15) is 0 Å². The average molecular weight is 751 g/mol. The van der Waals surface area contributed by atoms with Crippen LogP contribution in [0, 0.1) is 10.8 Å². The molecule has 49 heavy (non-hydrogen) atoms. The number of hydrogen-bond acceptors (Lipinski definition) is 3. The summed E-state index contributed by atoms with van der Waals surface area (Å²) >= 11 is 4.01. The number of rotatable bonds is 28. The first-order valence-corrected chi connectivity index (χ1v) is 29.5. The molecule has 0 aliphatic rings. The van der Waals surface area contributed by atoms with E-state index < -0.39 is 16.1 Å². The van der Waals surface area contributed by atoms with Gasteiger partial charge in [0.05, 0.1) is 25.9 Å². The summed E-state index contributed by atoms with van der Waals surface area (Å²) in [5.74, 6) is 0.550. The summed E-state index contributed by atoms with van der Waals surface area (Å²) < 4.78 is 0. The van der Waals surface area contributed by atoms with E-state index in [1.807, 2.05) is 23.5 Å². The number of phenols is 1. The second-order valence-electron chi connectivity index (χ2n) is 19.2. The molecule has 1 aromatic rings. The van der Waals surface area contributed by atoms with Crippen molar-refractivity contribution < 1.29 is 5.11 Å². The first-order chi connectivity index (χ1) is 23.0. The molecule has 0 bridgehead atoms. The molecule has 2 unspecified atom stereocenters. The minimum absolute atomic E-state index is 0.201. The van der Waals surface area contributed by atoms with Gasteiger partial charge in [-0.1, -0.05) is 228 Å². The molecular formula is C44H86OS2Si2. The lowest BCUT2D eigenvalue weighted by molar-refractivity contribution is 0.436. The van der Waals surface area contributed by atoms with Crippen LogP contribution in [0.2, 0.25) is 38.3 Å². The Balaban J connectivity index is 2.84. The predicted octanol–water partition coefficient (Wildman–Crippen LogP) is 16.7. The van der Waals surface area contributed by atoms with Crippen LogP contribution >= 0.6 is 23.5 Å². The van der Waals surface area contributed by atoms with Crippen LogP contribution in [-0.4, -0.2) is 31.0 Å². The van der Waals surface area contributed by atoms with Crippen molar-refractivity contribution in [3.8, 4) is 5.75 Å². The second kappa shape index (κ2) is 24.5. The minimum Gasteiger partial charge on any atom is -0.506 e. The summed E-state index contributed by atoms with van der Waals surface area (Å²) in [6.07, 6.45) is 28.1. The highest BCUT2D eigenvalue weighted by Crippen LogP contribution is 2.50. The summed E-state index contributed by atoms with van der Waals surface area (Å²) in [4.78, 5) is 3.33. The van der Waals surface area contributed by atoms with Crippen molar-refractivity contribution in [1.29, 1.82) is 0 Å². The highest BCUT2D eigenvalue weighted by molar-refractivity contribution is 8.02. The summed E-state index contributed by atoms with van der Waals surface area (Å²) in [6, 6.07) is 9.40. The first kappa shape index (κ1) is 47.2. The summed E-state index contributed by atoms with van der Waals surface area (Å²) in [5.41, 5.74) is 0.402. The van der Waals surface area contributed by atoms with Gasteiger partial charge in [-0.05, 0) is 23.0 Å². The number of phenolic OH excluding ortho intramolecular Hbond substituents is 1. The number of aromatic hydroxyl groups is 1. The zero-order valence-electron chi connectivity index (χ0n) is 35.2. The van der Waals surface area contributed by atoms with Gasteiger partial charge >= 0.3 is 0 Å². The van der Waals surface area contributed by atoms with E-state index in [-0.39, 0.29) is 10.8 Å². The topological polar surface area (TPSA) is 20.2 Å². The van der Waals surface area contributed by atoms with E-state index >= 15 is 0 Å². The molecule has 0 aliphatic heterocycles. The van der Waals surface area contributed by atoms with Crippen molar-refractivity contribution in [1.82, 2.24) is 0 Å². The molecule has 0 heterocycles. The molecule has 5 heteroatoms. The van der Waals surface area contributed by atoms with Crippen molar-refractivity contribution in [2.75, 3.05) is 0 Å². The van der Waals surface area contributed by atoms with Crippen LogP contribution in [0.5, 0.6) is 5.75 Å². The van der Waals surface area contributed by atoms with E-state index in [2.05, 4.69) is 99.8 Å². The number of hydrogen-bond donors (Lipinski definition) is 1. The second-order valence-corrected chi connectivity index (χ2v) is 32.4. The third-order valence-corrected chi connectivity index (χ3v) is 26.2. The maximum Gasteiger partial charge on any atom is 0.142 e. The monoisotopic (exact) mass is 751 g/mol. The zero-order chi connectivity index (χ0) is 37.0. The molecule has 1 N–H and O–H groups in total. The van der Waals surface area contributed by atoms with E-state index in [1.54, 1.807) is 0 Å². The molecule has 0 spiro atoms. The highest BCUT2D eigenvalue weighted by atomic mass is 32.2. The van der Waals surface area contributed by atoms with Crippen LogP contribution in [0.3, 0.4) is 0 Å². The lowest BCUT2D eigenvalue weighted by atomic mass is 10.00. The average Bonchev–Trinajstić information content (AvgIpc) is 3.00. The molecule has 1 nitrogen and oxygen atoms in total. The molecule has 1 rings (SSSR count). The number of unbranched alkanes of at least 4 members (excludes halogenated alkanes) is 18. The van der Waals surface area contributed by atoms with Crippen molar-refractivity contribution in [3.63, 3.8) is 0 Å². The Kier molecular flexibility index (Phi) is 23.6. The molecule has 0 amide bonds. The zero-order valence-corrected chi connectivity index (χ0v) is 38.8. The van der Waals surface area contributed by atoms with Gasteiger partial charge in [-0.3, -0.25) is 0 Å². The third kappa shape index (κ3) is 19.7. The van der Waals surface area contributed by atoms with Crippen molar-refractivity contribution in [2.24, 2.45) is 10.8 Å². The van der Waals surface area contributed by atoms with Crippen molar-refractivity contribution in [2.45, 2.75) is 242 Å². The van der Waals surface area contributed by atoms with Crippen LogP contribution in [0.4, 0.5) is 0 Å². The number of thioether (sulfide) groups is 2. The molecule has 1 aromatic carbocycles. The van der Waals surface area contributed by atoms with Crippen molar-refractivity contribution in [3.05, 3.63) is 18.2 Å². The highest BCUT2D eigenvalue weighted by Gasteiger charge is 2.42. The minimum atomic E-state index is -1.56. The third-order valence-electron chi connectivity index (χ3n) is 10.8. The molecule has 0 aromatic heterocycles. The van der Waals surface area contributed by atoms with Gasteiger partial charge in [0.2, 0.25) is 0 Å². The SMILES string of the molecule is CCCCCCCCCCCC[Si](C)(C)C(Sc1cccc(SC(C(C)(C)C)[Si](C)(C)CCCCCCCCCCCC)c1O)C(C)(C)C. The molecule has 0 saturated carbocycles. The van der Waals surface area contributed by atoms with E-state index in [1.165, 1.54) is 141 Å². The van der Waals surface area contributed by atoms with Gasteiger partial charge in [-0.15, -0.1) is 23.5 Å². The maximum absolute atomic E-state index is 11.9. The maximum atomic E-state index is 11.9. The molecule has 2 atom stereocenters. The molecular weight excluding hydrogens is 665 g/mol. The lowest BCUT2D eigenvalue weighted by Crippen LogP contribution is -2.47. The van der Waals surface area contributed by atoms with E-state index in [4.69, 9.17) is 0 Å². The van der Waals surface area contributed by atoms with Crippen LogP contribution in [0.1, 0.15) is 184 Å². The smallest absolute Gasteiger partial charge is 0.142 e. The van der Waals surface area contributed by atoms with Crippen LogP contribution < -0.4 is 0 Å². The molecule has 0 radical (unpaired) electrons. The van der Waals surface area contributed by atoms with Gasteiger partial charge in [-0.25, -0.2) is 0 Å². The number of para-hydroxylation sites is 1. The Morgan fingerprint density at radius 1 is 0.490 bits per heavy atom. The molecule has 288 valence electrons. The van der Waals surface area contributed by atoms with Gasteiger partial charge in [0.25, 0.3) is 0 Å². The molecule has 0 fully saturated rings. The van der Waals surface area contributed by atoms with Gasteiger partial charge in [0.15, 0.2) is 0 Å². The van der Waals surface area contributed by atoms with Crippen molar-refractivity contribution >= 4 is 39.7 Å². The van der Waals surface area contributed by atoms with Crippen LogP contribution in [0.15, 0.2) is 28.0 Å². The molecule has 0 aliphatic carbocycles. The fraction of sp³-hybridized carbons (Fsp3) is 0.864. The Hall–Kier alpha value is 0.154. The van der Waals surface area contributed by atoms with E-state index in [0.717, 1.165) is 9.79 Å².